The van der Waals surface area contributed by atoms with Crippen molar-refractivity contribution < 1.29 is 9.18 Å². The van der Waals surface area contributed by atoms with Gasteiger partial charge in [0.2, 0.25) is 0 Å². The third-order valence-electron chi connectivity index (χ3n) is 5.14. The number of fused-ring (bicyclic) bond motifs is 1. The summed E-state index contributed by atoms with van der Waals surface area (Å²) >= 11 is 7.43. The Bertz CT molecular complexity index is 1010. The number of aryl methyl sites for hydroxylation is 2. The minimum Gasteiger partial charge on any atom is -0.324 e. The number of amides is 2. The monoisotopic (exact) mass is 419 g/mol. The first kappa shape index (κ1) is 19.0. The number of likely N-dealkylation sites (tertiary alicyclic amines) is 1. The highest BCUT2D eigenvalue weighted by Gasteiger charge is 2.40. The molecule has 0 bridgehead atoms. The number of carbonyl (C=O) groups excluding carboxylic acids is 1. The van der Waals surface area contributed by atoms with Crippen molar-refractivity contribution in [1.82, 2.24) is 19.9 Å². The van der Waals surface area contributed by atoms with Crippen molar-refractivity contribution >= 4 is 44.3 Å². The van der Waals surface area contributed by atoms with E-state index in [9.17, 15) is 4.79 Å². The number of thiazole rings is 1. The largest absolute Gasteiger partial charge is 0.324 e. The molecule has 3 aromatic rings. The first-order valence-corrected chi connectivity index (χ1v) is 10.1. The third kappa shape index (κ3) is 3.54. The van der Waals surface area contributed by atoms with Crippen LogP contribution in [-0.4, -0.2) is 39.0 Å². The fourth-order valence-electron chi connectivity index (χ4n) is 3.33. The van der Waals surface area contributed by atoms with Gasteiger partial charge in [-0.25, -0.2) is 19.2 Å². The molecule has 1 saturated heterocycles. The Kier molecular flexibility index (Phi) is 4.93. The van der Waals surface area contributed by atoms with Crippen LogP contribution in [0.1, 0.15) is 29.7 Å². The number of urea groups is 1. The van der Waals surface area contributed by atoms with E-state index in [2.05, 4.69) is 26.3 Å². The van der Waals surface area contributed by atoms with Crippen molar-refractivity contribution in [1.29, 1.82) is 0 Å². The molecular formula is C19H19ClFN5OS. The smallest absolute Gasteiger partial charge is 0.323 e. The SMILES string of the molecule is Cc1cc2nc(NC(=O)N3CCC(F)(c4nccnc4Cl)CC3)sc2cc1C. The van der Waals surface area contributed by atoms with E-state index in [0.717, 1.165) is 15.8 Å². The van der Waals surface area contributed by atoms with Gasteiger partial charge in [-0.15, -0.1) is 0 Å². The Hall–Kier alpha value is -2.32. The number of benzene rings is 1. The molecule has 3 heterocycles. The minimum absolute atomic E-state index is 0.0722. The lowest BCUT2D eigenvalue weighted by Gasteiger charge is -2.35. The van der Waals surface area contributed by atoms with E-state index in [-0.39, 0.29) is 42.8 Å². The molecule has 1 aliphatic heterocycles. The number of anilines is 1. The van der Waals surface area contributed by atoms with Crippen molar-refractivity contribution in [3.8, 4) is 0 Å². The second-order valence-electron chi connectivity index (χ2n) is 7.00. The zero-order valence-corrected chi connectivity index (χ0v) is 17.1. The van der Waals surface area contributed by atoms with Gasteiger partial charge in [-0.2, -0.15) is 0 Å². The van der Waals surface area contributed by atoms with Crippen LogP contribution in [0.3, 0.4) is 0 Å². The molecule has 0 atom stereocenters. The van der Waals surface area contributed by atoms with E-state index in [4.69, 9.17) is 11.6 Å². The number of halogens is 2. The molecule has 1 aliphatic rings. The van der Waals surface area contributed by atoms with Crippen LogP contribution in [-0.2, 0) is 5.67 Å². The Labute approximate surface area is 170 Å². The van der Waals surface area contributed by atoms with Crippen LogP contribution in [0.15, 0.2) is 24.5 Å². The molecule has 0 unspecified atom stereocenters. The van der Waals surface area contributed by atoms with Gasteiger partial charge in [0.25, 0.3) is 0 Å². The number of hydrogen-bond acceptors (Lipinski definition) is 5. The highest BCUT2D eigenvalue weighted by molar-refractivity contribution is 7.22. The maximum Gasteiger partial charge on any atom is 0.323 e. The van der Waals surface area contributed by atoms with Crippen molar-refractivity contribution in [3.05, 3.63) is 46.5 Å². The molecule has 0 saturated carbocycles. The molecule has 146 valence electrons. The molecule has 0 radical (unpaired) electrons. The van der Waals surface area contributed by atoms with Crippen LogP contribution in [0.25, 0.3) is 10.2 Å². The van der Waals surface area contributed by atoms with Gasteiger partial charge in [-0.3, -0.25) is 10.3 Å². The van der Waals surface area contributed by atoms with Gasteiger partial charge in [0, 0.05) is 38.3 Å². The van der Waals surface area contributed by atoms with Gasteiger partial charge in [0.15, 0.2) is 16.0 Å². The fourth-order valence-corrected chi connectivity index (χ4v) is 4.54. The van der Waals surface area contributed by atoms with Gasteiger partial charge >= 0.3 is 6.03 Å². The number of rotatable bonds is 2. The maximum atomic E-state index is 15.3. The summed E-state index contributed by atoms with van der Waals surface area (Å²) in [5, 5.41) is 3.45. The Morgan fingerprint density at radius 2 is 1.89 bits per heavy atom. The number of carbonyl (C=O) groups is 1. The Balaban J connectivity index is 1.44. The molecule has 28 heavy (non-hydrogen) atoms. The molecule has 1 N–H and O–H groups in total. The van der Waals surface area contributed by atoms with Crippen LogP contribution in [0.5, 0.6) is 0 Å². The first-order chi connectivity index (χ1) is 13.4. The molecule has 4 rings (SSSR count). The Morgan fingerprint density at radius 1 is 1.21 bits per heavy atom. The molecular weight excluding hydrogens is 401 g/mol. The number of nitrogens with zero attached hydrogens (tertiary/aromatic N) is 4. The second-order valence-corrected chi connectivity index (χ2v) is 8.39. The van der Waals surface area contributed by atoms with Crippen LogP contribution >= 0.6 is 22.9 Å². The van der Waals surface area contributed by atoms with E-state index < -0.39 is 5.67 Å². The first-order valence-electron chi connectivity index (χ1n) is 8.95. The quantitative estimate of drug-likeness (QED) is 0.644. The predicted octanol–water partition coefficient (Wildman–Crippen LogP) is 4.85. The molecule has 2 amide bonds. The van der Waals surface area contributed by atoms with E-state index in [1.54, 1.807) is 4.90 Å². The average Bonchev–Trinajstić information content (AvgIpc) is 3.03. The molecule has 0 spiro atoms. The van der Waals surface area contributed by atoms with Crippen molar-refractivity contribution in [2.45, 2.75) is 32.4 Å². The van der Waals surface area contributed by atoms with Gasteiger partial charge in [0.1, 0.15) is 5.69 Å². The van der Waals surface area contributed by atoms with Crippen molar-refractivity contribution in [3.63, 3.8) is 0 Å². The summed E-state index contributed by atoms with van der Waals surface area (Å²) < 4.78 is 16.3. The zero-order valence-electron chi connectivity index (χ0n) is 15.5. The standard InChI is InChI=1S/C19H19ClFN5OS/c1-11-9-13-14(10-12(11)2)28-17(24-13)25-18(27)26-7-3-19(21,4-8-26)15-16(20)23-6-5-22-15/h5-6,9-10H,3-4,7-8H2,1-2H3,(H,24,25,27). The summed E-state index contributed by atoms with van der Waals surface area (Å²) in [6, 6.07) is 3.81. The lowest BCUT2D eigenvalue weighted by molar-refractivity contribution is 0.0681. The van der Waals surface area contributed by atoms with E-state index in [0.29, 0.717) is 5.13 Å². The molecule has 9 heteroatoms. The zero-order chi connectivity index (χ0) is 19.9. The van der Waals surface area contributed by atoms with Crippen LogP contribution in [0.4, 0.5) is 14.3 Å². The lowest BCUT2D eigenvalue weighted by atomic mass is 9.90. The van der Waals surface area contributed by atoms with Crippen molar-refractivity contribution in [2.75, 3.05) is 18.4 Å². The van der Waals surface area contributed by atoms with Gasteiger partial charge in [0.05, 0.1) is 10.2 Å². The van der Waals surface area contributed by atoms with E-state index in [1.165, 1.54) is 29.3 Å². The topological polar surface area (TPSA) is 71.0 Å². The number of alkyl halides is 1. The number of piperidine rings is 1. The van der Waals surface area contributed by atoms with Gasteiger partial charge in [-0.1, -0.05) is 22.9 Å². The average molecular weight is 420 g/mol. The highest BCUT2D eigenvalue weighted by atomic mass is 35.5. The number of aromatic nitrogens is 3. The number of nitrogens with one attached hydrogen (secondary N) is 1. The maximum absolute atomic E-state index is 15.3. The molecule has 2 aromatic heterocycles. The summed E-state index contributed by atoms with van der Waals surface area (Å²) in [5.41, 5.74) is 1.68. The lowest BCUT2D eigenvalue weighted by Crippen LogP contribution is -2.45. The Morgan fingerprint density at radius 3 is 2.61 bits per heavy atom. The third-order valence-corrected chi connectivity index (χ3v) is 6.35. The normalized spacial score (nSPS) is 16.4. The summed E-state index contributed by atoms with van der Waals surface area (Å²) in [5.74, 6) is 0. The van der Waals surface area contributed by atoms with Crippen LogP contribution in [0.2, 0.25) is 5.15 Å². The molecule has 0 aliphatic carbocycles. The molecule has 1 aromatic carbocycles. The van der Waals surface area contributed by atoms with Crippen molar-refractivity contribution in [2.24, 2.45) is 0 Å². The van der Waals surface area contributed by atoms with Crippen LogP contribution in [0, 0.1) is 13.8 Å². The van der Waals surface area contributed by atoms with Crippen LogP contribution < -0.4 is 5.32 Å². The summed E-state index contributed by atoms with van der Waals surface area (Å²) in [4.78, 5) is 26.6. The van der Waals surface area contributed by atoms with E-state index in [1.807, 2.05) is 19.9 Å². The molecule has 6 nitrogen and oxygen atoms in total. The summed E-state index contributed by atoms with van der Waals surface area (Å²) in [7, 11) is 0. The minimum atomic E-state index is -1.67. The predicted molar refractivity (Wildman–Crippen MR) is 109 cm³/mol. The second kappa shape index (κ2) is 7.25. The number of hydrogen-bond donors (Lipinski definition) is 1. The summed E-state index contributed by atoms with van der Waals surface area (Å²) in [6.07, 6.45) is 3.10. The fraction of sp³-hybridized carbons (Fsp3) is 0.368. The highest BCUT2D eigenvalue weighted by Crippen LogP contribution is 2.38. The van der Waals surface area contributed by atoms with Gasteiger partial charge < -0.3 is 4.90 Å². The van der Waals surface area contributed by atoms with E-state index >= 15 is 4.39 Å². The molecule has 1 fully saturated rings. The van der Waals surface area contributed by atoms with Gasteiger partial charge in [-0.05, 0) is 37.1 Å². The summed E-state index contributed by atoms with van der Waals surface area (Å²) in [6.45, 7) is 4.61.